The van der Waals surface area contributed by atoms with E-state index in [1.165, 1.54) is 4.90 Å². The van der Waals surface area contributed by atoms with Gasteiger partial charge < -0.3 is 19.0 Å². The Morgan fingerprint density at radius 2 is 1.92 bits per heavy atom. The number of likely N-dealkylation sites (tertiary alicyclic amines) is 1. The van der Waals surface area contributed by atoms with E-state index in [9.17, 15) is 18.4 Å². The van der Waals surface area contributed by atoms with Crippen molar-refractivity contribution in [1.82, 2.24) is 14.8 Å². The van der Waals surface area contributed by atoms with Crippen LogP contribution in [0.15, 0.2) is 4.42 Å². The number of rotatable bonds is 2. The van der Waals surface area contributed by atoms with Crippen molar-refractivity contribution >= 4 is 11.8 Å². The van der Waals surface area contributed by atoms with Crippen molar-refractivity contribution < 1.29 is 27.5 Å². The minimum atomic E-state index is -2.71. The molecular formula is C17H21F2N3O4. The molecule has 1 aromatic heterocycles. The first-order valence-corrected chi connectivity index (χ1v) is 8.99. The Morgan fingerprint density at radius 1 is 1.15 bits per heavy atom. The molecule has 2 amide bonds. The van der Waals surface area contributed by atoms with Gasteiger partial charge in [-0.2, -0.15) is 0 Å². The summed E-state index contributed by atoms with van der Waals surface area (Å²) in [6.07, 6.45) is 1.01. The molecule has 1 atom stereocenters. The van der Waals surface area contributed by atoms with Crippen molar-refractivity contribution in [3.8, 4) is 0 Å². The van der Waals surface area contributed by atoms with Gasteiger partial charge in [0.25, 0.3) is 17.7 Å². The molecule has 0 aliphatic carbocycles. The molecule has 4 heterocycles. The van der Waals surface area contributed by atoms with Crippen LogP contribution in [0.1, 0.15) is 47.8 Å². The number of carbonyl (C=O) groups excluding carboxylic acids is 2. The highest BCUT2D eigenvalue weighted by molar-refractivity contribution is 5.90. The Morgan fingerprint density at radius 3 is 2.62 bits per heavy atom. The van der Waals surface area contributed by atoms with Crippen LogP contribution in [-0.2, 0) is 22.5 Å². The maximum absolute atomic E-state index is 13.3. The van der Waals surface area contributed by atoms with Crippen LogP contribution in [0.3, 0.4) is 0 Å². The highest BCUT2D eigenvalue weighted by Crippen LogP contribution is 2.29. The fraction of sp³-hybridized carbons (Fsp3) is 0.706. The number of amides is 2. The third kappa shape index (κ3) is 3.32. The number of fused-ring (bicyclic) bond motifs is 1. The van der Waals surface area contributed by atoms with Gasteiger partial charge in [-0.15, -0.1) is 0 Å². The maximum Gasteiger partial charge on any atom is 0.309 e. The molecular weight excluding hydrogens is 348 g/mol. The molecule has 9 heteroatoms. The van der Waals surface area contributed by atoms with Gasteiger partial charge in [-0.1, -0.05) is 0 Å². The highest BCUT2D eigenvalue weighted by Gasteiger charge is 2.38. The third-order valence-electron chi connectivity index (χ3n) is 5.21. The molecule has 0 unspecified atom stereocenters. The van der Waals surface area contributed by atoms with Gasteiger partial charge in [-0.25, -0.2) is 13.8 Å². The van der Waals surface area contributed by atoms with E-state index in [4.69, 9.17) is 9.15 Å². The van der Waals surface area contributed by atoms with Gasteiger partial charge in [0.2, 0.25) is 0 Å². The van der Waals surface area contributed by atoms with Crippen molar-refractivity contribution in [2.75, 3.05) is 26.2 Å². The standard InChI is InChI=1S/C17H21F2N3O4/c18-17(19)4-7-21(8-5-17)16(24)14-20-11-10-22(6-3-12(11)26-14)15(23)13-2-1-9-25-13/h13H,1-10H2/t13-/m1/s1. The van der Waals surface area contributed by atoms with Crippen molar-refractivity contribution in [3.63, 3.8) is 0 Å². The first-order valence-electron chi connectivity index (χ1n) is 8.99. The topological polar surface area (TPSA) is 75.9 Å². The number of hydrogen-bond acceptors (Lipinski definition) is 5. The summed E-state index contributed by atoms with van der Waals surface area (Å²) in [5.41, 5.74) is 0.563. The number of oxazole rings is 1. The average Bonchev–Trinajstić information content (AvgIpc) is 3.29. The summed E-state index contributed by atoms with van der Waals surface area (Å²) >= 11 is 0. The average molecular weight is 369 g/mol. The third-order valence-corrected chi connectivity index (χ3v) is 5.21. The quantitative estimate of drug-likeness (QED) is 0.792. The first-order chi connectivity index (χ1) is 12.4. The molecule has 1 aromatic rings. The number of nitrogens with zero attached hydrogens (tertiary/aromatic N) is 3. The molecule has 3 aliphatic heterocycles. The Kier molecular flexibility index (Phi) is 4.42. The largest absolute Gasteiger partial charge is 0.437 e. The van der Waals surface area contributed by atoms with Crippen molar-refractivity contribution in [2.24, 2.45) is 0 Å². The molecule has 4 rings (SSSR count). The maximum atomic E-state index is 13.3. The molecule has 2 saturated heterocycles. The van der Waals surface area contributed by atoms with Crippen LogP contribution in [0, 0.1) is 0 Å². The second-order valence-electron chi connectivity index (χ2n) is 7.05. The van der Waals surface area contributed by atoms with E-state index in [2.05, 4.69) is 4.98 Å². The lowest BCUT2D eigenvalue weighted by Crippen LogP contribution is -2.42. The second kappa shape index (κ2) is 6.61. The smallest absolute Gasteiger partial charge is 0.309 e. The lowest BCUT2D eigenvalue weighted by Gasteiger charge is -2.30. The predicted octanol–water partition coefficient (Wildman–Crippen LogP) is 1.61. The Balaban J connectivity index is 1.42. The van der Waals surface area contributed by atoms with E-state index >= 15 is 0 Å². The van der Waals surface area contributed by atoms with Crippen LogP contribution in [-0.4, -0.2) is 64.9 Å². The van der Waals surface area contributed by atoms with Gasteiger partial charge in [-0.05, 0) is 12.8 Å². The van der Waals surface area contributed by atoms with Crippen molar-refractivity contribution in [1.29, 1.82) is 0 Å². The fourth-order valence-electron chi connectivity index (χ4n) is 3.63. The van der Waals surface area contributed by atoms with Crippen LogP contribution < -0.4 is 0 Å². The first kappa shape index (κ1) is 17.4. The molecule has 7 nitrogen and oxygen atoms in total. The zero-order valence-corrected chi connectivity index (χ0v) is 14.4. The minimum Gasteiger partial charge on any atom is -0.437 e. The number of ether oxygens (including phenoxy) is 1. The van der Waals surface area contributed by atoms with Crippen LogP contribution in [0.2, 0.25) is 0 Å². The van der Waals surface area contributed by atoms with Gasteiger partial charge in [0.05, 0.1) is 6.54 Å². The molecule has 3 aliphatic rings. The molecule has 0 saturated carbocycles. The number of piperidine rings is 1. The lowest BCUT2D eigenvalue weighted by molar-refractivity contribution is -0.142. The summed E-state index contributed by atoms with van der Waals surface area (Å²) < 4.78 is 37.5. The number of halogens is 2. The summed E-state index contributed by atoms with van der Waals surface area (Å²) in [5, 5.41) is 0. The Bertz CT molecular complexity index is 705. The summed E-state index contributed by atoms with van der Waals surface area (Å²) in [4.78, 5) is 32.2. The van der Waals surface area contributed by atoms with E-state index in [1.807, 2.05) is 0 Å². The van der Waals surface area contributed by atoms with Gasteiger partial charge >= 0.3 is 5.91 Å². The Hall–Kier alpha value is -2.03. The zero-order chi connectivity index (χ0) is 18.3. The lowest BCUT2D eigenvalue weighted by atomic mass is 10.1. The Labute approximate surface area is 149 Å². The SMILES string of the molecule is O=C(c1nc2c(o1)CCN(C(=O)[C@H]1CCCO1)C2)N1CCC(F)(F)CC1. The van der Waals surface area contributed by atoms with Crippen molar-refractivity contribution in [2.45, 2.75) is 50.7 Å². The molecule has 142 valence electrons. The summed E-state index contributed by atoms with van der Waals surface area (Å²) in [6, 6.07) is 0. The van der Waals surface area contributed by atoms with Crippen LogP contribution in [0.5, 0.6) is 0 Å². The molecule has 0 bridgehead atoms. The molecule has 0 spiro atoms. The van der Waals surface area contributed by atoms with E-state index in [0.29, 0.717) is 31.0 Å². The molecule has 0 N–H and O–H groups in total. The molecule has 0 aromatic carbocycles. The van der Waals surface area contributed by atoms with E-state index in [-0.39, 0.29) is 50.4 Å². The fourth-order valence-corrected chi connectivity index (χ4v) is 3.63. The second-order valence-corrected chi connectivity index (χ2v) is 7.05. The normalized spacial score (nSPS) is 25.2. The summed E-state index contributed by atoms with van der Waals surface area (Å²) in [7, 11) is 0. The van der Waals surface area contributed by atoms with Gasteiger partial charge in [0.15, 0.2) is 0 Å². The predicted molar refractivity (Wildman–Crippen MR) is 84.7 cm³/mol. The monoisotopic (exact) mass is 369 g/mol. The van der Waals surface area contributed by atoms with Gasteiger partial charge in [0, 0.05) is 45.5 Å². The van der Waals surface area contributed by atoms with E-state index in [0.717, 1.165) is 12.8 Å². The van der Waals surface area contributed by atoms with Crippen LogP contribution >= 0.6 is 0 Å². The van der Waals surface area contributed by atoms with Gasteiger partial charge in [-0.3, -0.25) is 9.59 Å². The minimum absolute atomic E-state index is 0.0114. The molecule has 26 heavy (non-hydrogen) atoms. The number of aromatic nitrogens is 1. The molecule has 2 fully saturated rings. The number of carbonyl (C=O) groups is 2. The zero-order valence-electron chi connectivity index (χ0n) is 14.4. The number of alkyl halides is 2. The van der Waals surface area contributed by atoms with E-state index < -0.39 is 11.8 Å². The highest BCUT2D eigenvalue weighted by atomic mass is 19.3. The van der Waals surface area contributed by atoms with Gasteiger partial charge in [0.1, 0.15) is 17.6 Å². The van der Waals surface area contributed by atoms with E-state index in [1.54, 1.807) is 4.90 Å². The van der Waals surface area contributed by atoms with Crippen molar-refractivity contribution in [3.05, 3.63) is 17.3 Å². The van der Waals surface area contributed by atoms with Crippen LogP contribution in [0.25, 0.3) is 0 Å². The summed E-state index contributed by atoms with van der Waals surface area (Å²) in [6.45, 7) is 1.35. The molecule has 0 radical (unpaired) electrons. The number of hydrogen-bond donors (Lipinski definition) is 0. The summed E-state index contributed by atoms with van der Waals surface area (Å²) in [5.74, 6) is -2.72. The van der Waals surface area contributed by atoms with Crippen LogP contribution in [0.4, 0.5) is 8.78 Å².